The van der Waals surface area contributed by atoms with Crippen LogP contribution in [-0.2, 0) is 14.4 Å². The number of likely N-dealkylation sites (tertiary alicyclic amines) is 1. The van der Waals surface area contributed by atoms with Crippen LogP contribution in [0.3, 0.4) is 0 Å². The third-order valence-electron chi connectivity index (χ3n) is 5.69. The summed E-state index contributed by atoms with van der Waals surface area (Å²) in [6, 6.07) is 13.4. The number of anilines is 2. The van der Waals surface area contributed by atoms with Crippen molar-refractivity contribution in [1.82, 2.24) is 4.90 Å². The molecule has 0 radical (unpaired) electrons. The van der Waals surface area contributed by atoms with Gasteiger partial charge in [-0.2, -0.15) is 0 Å². The normalized spacial score (nSPS) is 19.5. The molecule has 2 aromatic carbocycles. The number of rotatable bonds is 6. The maximum absolute atomic E-state index is 12.5. The summed E-state index contributed by atoms with van der Waals surface area (Å²) in [5.41, 5.74) is 1.41. The number of ether oxygens (including phenoxy) is 1. The Morgan fingerprint density at radius 2 is 1.56 bits per heavy atom. The Bertz CT molecular complexity index is 1070. The van der Waals surface area contributed by atoms with E-state index >= 15 is 0 Å². The highest BCUT2D eigenvalue weighted by molar-refractivity contribution is 6.09. The summed E-state index contributed by atoms with van der Waals surface area (Å²) >= 11 is 0. The Labute approximate surface area is 185 Å². The molecule has 4 rings (SSSR count). The first-order valence-electron chi connectivity index (χ1n) is 10.3. The summed E-state index contributed by atoms with van der Waals surface area (Å²) in [7, 11) is 1.52. The van der Waals surface area contributed by atoms with E-state index in [0.717, 1.165) is 4.90 Å². The fraction of sp³-hybridized carbons (Fsp3) is 0.250. The number of nitrogens with zero attached hydrogens (tertiary/aromatic N) is 1. The van der Waals surface area contributed by atoms with E-state index in [2.05, 4.69) is 10.6 Å². The van der Waals surface area contributed by atoms with Gasteiger partial charge in [-0.05, 0) is 49.2 Å². The average molecular weight is 433 g/mol. The first-order valence-corrected chi connectivity index (χ1v) is 10.3. The van der Waals surface area contributed by atoms with Crippen LogP contribution in [0.15, 0.2) is 60.7 Å². The van der Waals surface area contributed by atoms with Crippen molar-refractivity contribution in [3.63, 3.8) is 0 Å². The number of amides is 4. The number of benzene rings is 2. The number of methoxy groups -OCH3 is 1. The van der Waals surface area contributed by atoms with E-state index in [9.17, 15) is 19.2 Å². The molecule has 0 spiro atoms. The van der Waals surface area contributed by atoms with E-state index in [1.807, 2.05) is 12.2 Å². The second kappa shape index (κ2) is 9.05. The maximum Gasteiger partial charge on any atom is 0.255 e. The van der Waals surface area contributed by atoms with E-state index in [1.54, 1.807) is 48.5 Å². The quantitative estimate of drug-likeness (QED) is 0.538. The summed E-state index contributed by atoms with van der Waals surface area (Å²) in [6.07, 6.45) is 4.88. The Morgan fingerprint density at radius 3 is 2.19 bits per heavy atom. The molecule has 0 bridgehead atoms. The number of hydrogen-bond acceptors (Lipinski definition) is 5. The molecule has 2 aliphatic rings. The zero-order valence-corrected chi connectivity index (χ0v) is 17.5. The van der Waals surface area contributed by atoms with E-state index in [-0.39, 0.29) is 36.1 Å². The molecule has 164 valence electrons. The second-order valence-corrected chi connectivity index (χ2v) is 7.70. The van der Waals surface area contributed by atoms with Crippen LogP contribution < -0.4 is 15.4 Å². The molecule has 1 heterocycles. The van der Waals surface area contributed by atoms with Crippen LogP contribution in [0.25, 0.3) is 0 Å². The smallest absolute Gasteiger partial charge is 0.255 e. The lowest BCUT2D eigenvalue weighted by atomic mass is 9.85. The van der Waals surface area contributed by atoms with Gasteiger partial charge < -0.3 is 15.4 Å². The Balaban J connectivity index is 1.35. The first-order chi connectivity index (χ1) is 15.5. The highest BCUT2D eigenvalue weighted by atomic mass is 16.5. The van der Waals surface area contributed by atoms with Crippen molar-refractivity contribution in [3.05, 3.63) is 66.2 Å². The van der Waals surface area contributed by atoms with Crippen LogP contribution >= 0.6 is 0 Å². The molecular formula is C24H23N3O5. The molecule has 0 saturated carbocycles. The number of imide groups is 1. The highest BCUT2D eigenvalue weighted by Crippen LogP contribution is 2.34. The molecule has 1 fully saturated rings. The molecule has 0 unspecified atom stereocenters. The summed E-state index contributed by atoms with van der Waals surface area (Å²) < 4.78 is 5.23. The van der Waals surface area contributed by atoms with Gasteiger partial charge in [0.25, 0.3) is 5.91 Å². The topological polar surface area (TPSA) is 105 Å². The lowest BCUT2D eigenvalue weighted by molar-refractivity contribution is -0.142. The number of para-hydroxylation sites is 2. The first kappa shape index (κ1) is 21.3. The molecule has 8 heteroatoms. The molecular weight excluding hydrogens is 410 g/mol. The van der Waals surface area contributed by atoms with Crippen molar-refractivity contribution < 1.29 is 23.9 Å². The summed E-state index contributed by atoms with van der Waals surface area (Å²) in [5.74, 6) is -1.54. The standard InChI is InChI=1S/C24H23N3O5/c1-32-20-9-5-4-8-19(20)26-22(29)15-10-12-16(13-11-15)25-21(28)14-27-23(30)17-6-2-3-7-18(17)24(27)31/h2-5,8-13,17-18H,6-7,14H2,1H3,(H,25,28)(H,26,29)/t17-,18-/m1/s1. The summed E-state index contributed by atoms with van der Waals surface area (Å²) in [5, 5.41) is 5.46. The van der Waals surface area contributed by atoms with Gasteiger partial charge in [-0.1, -0.05) is 24.3 Å². The highest BCUT2D eigenvalue weighted by Gasteiger charge is 2.47. The summed E-state index contributed by atoms with van der Waals surface area (Å²) in [6.45, 7) is -0.319. The average Bonchev–Trinajstić information content (AvgIpc) is 3.05. The minimum Gasteiger partial charge on any atom is -0.495 e. The molecule has 8 nitrogen and oxygen atoms in total. The molecule has 4 amide bonds. The zero-order chi connectivity index (χ0) is 22.7. The van der Waals surface area contributed by atoms with Crippen LogP contribution in [0.1, 0.15) is 23.2 Å². The van der Waals surface area contributed by atoms with Crippen molar-refractivity contribution >= 4 is 35.0 Å². The minimum absolute atomic E-state index is 0.289. The van der Waals surface area contributed by atoms with Gasteiger partial charge in [-0.3, -0.25) is 24.1 Å². The molecule has 2 aromatic rings. The van der Waals surface area contributed by atoms with Gasteiger partial charge in [0, 0.05) is 11.3 Å². The van der Waals surface area contributed by atoms with Gasteiger partial charge in [0.2, 0.25) is 17.7 Å². The SMILES string of the molecule is COc1ccccc1NC(=O)c1ccc(NC(=O)CN2C(=O)[C@@H]3CC=CC[C@H]3C2=O)cc1. The molecule has 1 saturated heterocycles. The lowest BCUT2D eigenvalue weighted by Gasteiger charge is -2.14. The molecule has 2 N–H and O–H groups in total. The third-order valence-corrected chi connectivity index (χ3v) is 5.69. The molecule has 1 aliphatic heterocycles. The predicted octanol–water partition coefficient (Wildman–Crippen LogP) is 2.84. The van der Waals surface area contributed by atoms with Gasteiger partial charge in [0.1, 0.15) is 12.3 Å². The fourth-order valence-corrected chi connectivity index (χ4v) is 4.02. The maximum atomic E-state index is 12.5. The Morgan fingerprint density at radius 1 is 0.938 bits per heavy atom. The van der Waals surface area contributed by atoms with Gasteiger partial charge >= 0.3 is 0 Å². The van der Waals surface area contributed by atoms with Crippen molar-refractivity contribution in [2.45, 2.75) is 12.8 Å². The molecule has 1 aliphatic carbocycles. The number of hydrogen-bond donors (Lipinski definition) is 2. The zero-order valence-electron chi connectivity index (χ0n) is 17.5. The van der Waals surface area contributed by atoms with Crippen LogP contribution in [0.5, 0.6) is 5.75 Å². The van der Waals surface area contributed by atoms with Crippen molar-refractivity contribution in [2.24, 2.45) is 11.8 Å². The van der Waals surface area contributed by atoms with E-state index in [0.29, 0.717) is 35.5 Å². The van der Waals surface area contributed by atoms with Gasteiger partial charge in [-0.15, -0.1) is 0 Å². The fourth-order valence-electron chi connectivity index (χ4n) is 4.02. The van der Waals surface area contributed by atoms with Crippen LogP contribution in [-0.4, -0.2) is 42.2 Å². The molecule has 32 heavy (non-hydrogen) atoms. The lowest BCUT2D eigenvalue weighted by Crippen LogP contribution is -2.38. The minimum atomic E-state index is -0.468. The van der Waals surface area contributed by atoms with Crippen LogP contribution in [0.4, 0.5) is 11.4 Å². The number of nitrogens with one attached hydrogen (secondary N) is 2. The number of carbonyl (C=O) groups excluding carboxylic acids is 4. The van der Waals surface area contributed by atoms with Crippen LogP contribution in [0.2, 0.25) is 0 Å². The molecule has 2 atom stereocenters. The van der Waals surface area contributed by atoms with E-state index < -0.39 is 5.91 Å². The van der Waals surface area contributed by atoms with Crippen LogP contribution in [0, 0.1) is 11.8 Å². The van der Waals surface area contributed by atoms with E-state index in [4.69, 9.17) is 4.74 Å². The number of fused-ring (bicyclic) bond motifs is 1. The largest absolute Gasteiger partial charge is 0.495 e. The number of allylic oxidation sites excluding steroid dienone is 2. The van der Waals surface area contributed by atoms with Crippen molar-refractivity contribution in [2.75, 3.05) is 24.3 Å². The van der Waals surface area contributed by atoms with Crippen molar-refractivity contribution in [3.8, 4) is 5.75 Å². The molecule has 0 aromatic heterocycles. The third kappa shape index (κ3) is 4.25. The predicted molar refractivity (Wildman–Crippen MR) is 118 cm³/mol. The Hall–Kier alpha value is -3.94. The van der Waals surface area contributed by atoms with Crippen molar-refractivity contribution in [1.29, 1.82) is 0 Å². The van der Waals surface area contributed by atoms with Gasteiger partial charge in [-0.25, -0.2) is 0 Å². The number of carbonyl (C=O) groups is 4. The van der Waals surface area contributed by atoms with Gasteiger partial charge in [0.15, 0.2) is 0 Å². The second-order valence-electron chi connectivity index (χ2n) is 7.70. The van der Waals surface area contributed by atoms with E-state index in [1.165, 1.54) is 7.11 Å². The summed E-state index contributed by atoms with van der Waals surface area (Å²) in [4.78, 5) is 51.0. The Kier molecular flexibility index (Phi) is 6.02. The monoisotopic (exact) mass is 433 g/mol. The van der Waals surface area contributed by atoms with Gasteiger partial charge in [0.05, 0.1) is 24.6 Å².